The molecule has 7 nitrogen and oxygen atoms in total. The van der Waals surface area contributed by atoms with E-state index in [-0.39, 0.29) is 18.0 Å². The molecule has 0 aromatic carbocycles. The van der Waals surface area contributed by atoms with Gasteiger partial charge in [0.05, 0.1) is 0 Å². The highest BCUT2D eigenvalue weighted by Gasteiger charge is 2.19. The minimum absolute atomic E-state index is 0.0194. The second-order valence-corrected chi connectivity index (χ2v) is 14.1. The Labute approximate surface area is 290 Å². The van der Waals surface area contributed by atoms with Crippen LogP contribution in [-0.2, 0) is 19.1 Å². The fourth-order valence-corrected chi connectivity index (χ4v) is 6.33. The maximum Gasteiger partial charge on any atom is 0.326 e. The molecule has 0 saturated carbocycles. The number of hydrogen-bond donors (Lipinski definition) is 3. The van der Waals surface area contributed by atoms with Crippen LogP contribution in [0.1, 0.15) is 219 Å². The molecule has 0 spiro atoms. The fourth-order valence-electron chi connectivity index (χ4n) is 6.33. The summed E-state index contributed by atoms with van der Waals surface area (Å²) in [6.07, 6.45) is 35.8. The summed E-state index contributed by atoms with van der Waals surface area (Å²) in [7, 11) is 0. The van der Waals surface area contributed by atoms with Crippen molar-refractivity contribution < 1.29 is 24.2 Å². The van der Waals surface area contributed by atoms with Crippen molar-refractivity contribution in [2.24, 2.45) is 5.73 Å². The number of rotatable bonds is 37. The number of carbonyl (C=O) groups is 3. The molecular formula is C40H78N2O5. The first-order valence-corrected chi connectivity index (χ1v) is 20.4. The first-order chi connectivity index (χ1) is 22.9. The highest BCUT2D eigenvalue weighted by molar-refractivity contribution is 5.83. The molecule has 0 aliphatic carbocycles. The Balaban J connectivity index is 4.15. The lowest BCUT2D eigenvalue weighted by Gasteiger charge is -2.18. The predicted octanol–water partition coefficient (Wildman–Crippen LogP) is 10.9. The van der Waals surface area contributed by atoms with Crippen LogP contribution in [0, 0.1) is 0 Å². The number of carboxylic acids is 1. The Bertz CT molecular complexity index is 717. The molecule has 1 amide bonds. The Morgan fingerprint density at radius 2 is 0.915 bits per heavy atom. The summed E-state index contributed by atoms with van der Waals surface area (Å²) in [6.45, 7) is 4.94. The molecular weight excluding hydrogens is 588 g/mol. The van der Waals surface area contributed by atoms with Gasteiger partial charge < -0.3 is 20.9 Å². The summed E-state index contributed by atoms with van der Waals surface area (Å²) in [5.41, 5.74) is 5.47. The molecule has 0 aliphatic rings. The smallest absolute Gasteiger partial charge is 0.326 e. The van der Waals surface area contributed by atoms with Crippen LogP contribution in [0.25, 0.3) is 0 Å². The fraction of sp³-hybridized carbons (Fsp3) is 0.925. The number of unbranched alkanes of at least 4 members (excludes halogenated alkanes) is 23. The van der Waals surface area contributed by atoms with Crippen molar-refractivity contribution in [2.45, 2.75) is 231 Å². The minimum atomic E-state index is -1.00. The maximum atomic E-state index is 12.7. The Morgan fingerprint density at radius 1 is 0.532 bits per heavy atom. The number of nitrogens with two attached hydrogens (primary N) is 1. The van der Waals surface area contributed by atoms with Crippen LogP contribution >= 0.6 is 0 Å². The molecule has 4 N–H and O–H groups in total. The van der Waals surface area contributed by atoms with Gasteiger partial charge in [-0.2, -0.15) is 0 Å². The maximum absolute atomic E-state index is 12.7. The quantitative estimate of drug-likeness (QED) is 0.0448. The molecule has 0 aromatic rings. The van der Waals surface area contributed by atoms with E-state index in [0.29, 0.717) is 32.2 Å². The lowest BCUT2D eigenvalue weighted by atomic mass is 10.0. The van der Waals surface area contributed by atoms with Crippen molar-refractivity contribution in [3.05, 3.63) is 0 Å². The van der Waals surface area contributed by atoms with Gasteiger partial charge in [-0.05, 0) is 57.9 Å². The van der Waals surface area contributed by atoms with Gasteiger partial charge in [0.15, 0.2) is 0 Å². The van der Waals surface area contributed by atoms with Crippen molar-refractivity contribution in [3.8, 4) is 0 Å². The predicted molar refractivity (Wildman–Crippen MR) is 198 cm³/mol. The zero-order valence-corrected chi connectivity index (χ0v) is 31.1. The Kier molecular flexibility index (Phi) is 34.4. The van der Waals surface area contributed by atoms with E-state index < -0.39 is 12.0 Å². The van der Waals surface area contributed by atoms with Crippen molar-refractivity contribution >= 4 is 17.8 Å². The topological polar surface area (TPSA) is 119 Å². The normalized spacial score (nSPS) is 12.6. The average molecular weight is 667 g/mol. The first kappa shape index (κ1) is 45.4. The van der Waals surface area contributed by atoms with Gasteiger partial charge in [-0.3, -0.25) is 9.59 Å². The number of amides is 1. The average Bonchev–Trinajstić information content (AvgIpc) is 3.05. The van der Waals surface area contributed by atoms with Crippen molar-refractivity contribution in [1.82, 2.24) is 5.32 Å². The highest BCUT2D eigenvalue weighted by Crippen LogP contribution is 2.19. The summed E-state index contributed by atoms with van der Waals surface area (Å²) >= 11 is 0. The van der Waals surface area contributed by atoms with E-state index in [9.17, 15) is 19.5 Å². The van der Waals surface area contributed by atoms with Gasteiger partial charge in [-0.25, -0.2) is 4.79 Å². The van der Waals surface area contributed by atoms with E-state index in [1.54, 1.807) is 0 Å². The molecule has 2 unspecified atom stereocenters. The van der Waals surface area contributed by atoms with Gasteiger partial charge in [0, 0.05) is 12.8 Å². The van der Waals surface area contributed by atoms with E-state index >= 15 is 0 Å². The molecule has 47 heavy (non-hydrogen) atoms. The molecule has 2 atom stereocenters. The third kappa shape index (κ3) is 32.7. The third-order valence-corrected chi connectivity index (χ3v) is 9.42. The number of aliphatic carboxylic acids is 1. The molecule has 0 saturated heterocycles. The van der Waals surface area contributed by atoms with Crippen LogP contribution in [0.2, 0.25) is 0 Å². The van der Waals surface area contributed by atoms with E-state index in [1.165, 1.54) is 116 Å². The summed E-state index contributed by atoms with van der Waals surface area (Å²) < 4.78 is 6.00. The van der Waals surface area contributed by atoms with Crippen LogP contribution in [0.5, 0.6) is 0 Å². The second kappa shape index (κ2) is 35.7. The molecule has 0 aliphatic heterocycles. The number of hydrogen-bond acceptors (Lipinski definition) is 5. The van der Waals surface area contributed by atoms with Gasteiger partial charge in [-0.15, -0.1) is 0 Å². The minimum Gasteiger partial charge on any atom is -0.480 e. The zero-order chi connectivity index (χ0) is 34.6. The zero-order valence-electron chi connectivity index (χ0n) is 31.1. The number of ether oxygens (including phenoxy) is 1. The number of esters is 1. The lowest BCUT2D eigenvalue weighted by Crippen LogP contribution is -2.40. The summed E-state index contributed by atoms with van der Waals surface area (Å²) in [5, 5.41) is 11.9. The number of carboxylic acid groups (broad SMARTS) is 1. The molecule has 7 heteroatoms. The number of carbonyl (C=O) groups excluding carboxylic acids is 2. The standard InChI is InChI=1S/C40H78N2O5/c1-3-5-7-9-11-12-13-14-15-16-17-19-24-28-34-39(44)47-36(30-25-21-18-10-8-6-4-2)31-26-22-20-23-27-33-38(43)42-37(40(45)46)32-29-35-41/h36-37H,3-35,41H2,1-2H3,(H,42,43)(H,45,46). The van der Waals surface area contributed by atoms with Crippen molar-refractivity contribution in [1.29, 1.82) is 0 Å². The monoisotopic (exact) mass is 667 g/mol. The van der Waals surface area contributed by atoms with Crippen LogP contribution in [0.15, 0.2) is 0 Å². The largest absolute Gasteiger partial charge is 0.480 e. The molecule has 0 fully saturated rings. The SMILES string of the molecule is CCCCCCCCCCCCCCCCC(=O)OC(CCCCCCCCC)CCCCCCCC(=O)NC(CCCN)C(=O)O. The lowest BCUT2D eigenvalue weighted by molar-refractivity contribution is -0.150. The van der Waals surface area contributed by atoms with Gasteiger partial charge in [0.1, 0.15) is 12.1 Å². The van der Waals surface area contributed by atoms with Gasteiger partial charge in [-0.1, -0.05) is 155 Å². The van der Waals surface area contributed by atoms with Crippen LogP contribution in [0.4, 0.5) is 0 Å². The summed E-state index contributed by atoms with van der Waals surface area (Å²) in [6, 6.07) is -0.851. The van der Waals surface area contributed by atoms with Crippen LogP contribution < -0.4 is 11.1 Å². The molecule has 0 aromatic heterocycles. The van der Waals surface area contributed by atoms with Gasteiger partial charge in [0.25, 0.3) is 0 Å². The van der Waals surface area contributed by atoms with Gasteiger partial charge >= 0.3 is 11.9 Å². The number of nitrogens with one attached hydrogen (secondary N) is 1. The van der Waals surface area contributed by atoms with Crippen LogP contribution in [0.3, 0.4) is 0 Å². The van der Waals surface area contributed by atoms with E-state index in [2.05, 4.69) is 19.2 Å². The Hall–Kier alpha value is -1.63. The second-order valence-electron chi connectivity index (χ2n) is 14.1. The molecule has 0 bridgehead atoms. The molecule has 0 heterocycles. The van der Waals surface area contributed by atoms with Crippen molar-refractivity contribution in [2.75, 3.05) is 6.54 Å². The van der Waals surface area contributed by atoms with Crippen LogP contribution in [-0.4, -0.2) is 41.6 Å². The third-order valence-electron chi connectivity index (χ3n) is 9.42. The summed E-state index contributed by atoms with van der Waals surface area (Å²) in [4.78, 5) is 36.2. The first-order valence-electron chi connectivity index (χ1n) is 20.4. The Morgan fingerprint density at radius 3 is 1.32 bits per heavy atom. The van der Waals surface area contributed by atoms with Crippen molar-refractivity contribution in [3.63, 3.8) is 0 Å². The highest BCUT2D eigenvalue weighted by atomic mass is 16.5. The molecule has 0 rings (SSSR count). The molecule has 0 radical (unpaired) electrons. The van der Waals surface area contributed by atoms with E-state index in [4.69, 9.17) is 10.5 Å². The summed E-state index contributed by atoms with van der Waals surface area (Å²) in [5.74, 6) is -1.22. The molecule has 278 valence electrons. The van der Waals surface area contributed by atoms with E-state index in [1.807, 2.05) is 0 Å². The van der Waals surface area contributed by atoms with Gasteiger partial charge in [0.2, 0.25) is 5.91 Å². The van der Waals surface area contributed by atoms with E-state index in [0.717, 1.165) is 64.2 Å².